The van der Waals surface area contributed by atoms with E-state index < -0.39 is 0 Å². The van der Waals surface area contributed by atoms with Gasteiger partial charge in [0.2, 0.25) is 5.13 Å². The highest BCUT2D eigenvalue weighted by atomic mass is 32.1. The van der Waals surface area contributed by atoms with Gasteiger partial charge in [0.05, 0.1) is 6.10 Å². The topological polar surface area (TPSA) is 38.2 Å². The molecule has 0 bridgehead atoms. The molecule has 1 unspecified atom stereocenters. The highest BCUT2D eigenvalue weighted by Crippen LogP contribution is 2.21. The van der Waals surface area contributed by atoms with Crippen LogP contribution in [0.3, 0.4) is 0 Å². The predicted molar refractivity (Wildman–Crippen MR) is 52.2 cm³/mol. The Morgan fingerprint density at radius 1 is 1.69 bits per heavy atom. The number of hydrogen-bond acceptors (Lipinski definition) is 5. The molecule has 1 aliphatic heterocycles. The van der Waals surface area contributed by atoms with Gasteiger partial charge in [-0.05, 0) is 12.8 Å². The Hall–Kier alpha value is -0.680. The van der Waals surface area contributed by atoms with Crippen LogP contribution in [0.25, 0.3) is 0 Å². The molecule has 0 saturated carbocycles. The number of piperidine rings is 1. The van der Waals surface area contributed by atoms with Crippen molar-refractivity contribution >= 4 is 16.7 Å². The van der Waals surface area contributed by atoms with Crippen LogP contribution in [-0.4, -0.2) is 35.7 Å². The van der Waals surface area contributed by atoms with E-state index in [2.05, 4.69) is 14.3 Å². The molecule has 13 heavy (non-hydrogen) atoms. The van der Waals surface area contributed by atoms with E-state index in [1.54, 1.807) is 13.4 Å². The third-order valence-corrected chi connectivity index (χ3v) is 3.06. The van der Waals surface area contributed by atoms with Crippen molar-refractivity contribution < 1.29 is 4.74 Å². The van der Waals surface area contributed by atoms with Crippen LogP contribution in [0.5, 0.6) is 0 Å². The Morgan fingerprint density at radius 2 is 2.62 bits per heavy atom. The van der Waals surface area contributed by atoms with Gasteiger partial charge < -0.3 is 9.64 Å². The second-order valence-corrected chi connectivity index (χ2v) is 3.93. The third-order valence-electron chi connectivity index (χ3n) is 2.33. The second kappa shape index (κ2) is 4.02. The fourth-order valence-corrected chi connectivity index (χ4v) is 2.18. The molecular formula is C8H13N3OS. The van der Waals surface area contributed by atoms with E-state index in [9.17, 15) is 0 Å². The first-order valence-corrected chi connectivity index (χ1v) is 5.22. The largest absolute Gasteiger partial charge is 0.380 e. The lowest BCUT2D eigenvalue weighted by atomic mass is 10.1. The molecule has 1 fully saturated rings. The fourth-order valence-electron chi connectivity index (χ4n) is 1.61. The minimum absolute atomic E-state index is 0.359. The molecule has 1 aromatic heterocycles. The summed E-state index contributed by atoms with van der Waals surface area (Å²) in [6.07, 6.45) is 4.30. The van der Waals surface area contributed by atoms with Gasteiger partial charge in [0.15, 0.2) is 0 Å². The summed E-state index contributed by atoms with van der Waals surface area (Å²) in [7, 11) is 1.77. The molecule has 0 spiro atoms. The minimum atomic E-state index is 0.359. The van der Waals surface area contributed by atoms with Crippen LogP contribution >= 0.6 is 11.5 Å². The first-order valence-electron chi connectivity index (χ1n) is 4.44. The highest BCUT2D eigenvalue weighted by molar-refractivity contribution is 7.09. The van der Waals surface area contributed by atoms with Gasteiger partial charge >= 0.3 is 0 Å². The zero-order chi connectivity index (χ0) is 9.10. The molecule has 1 saturated heterocycles. The molecule has 0 amide bonds. The number of nitrogens with zero attached hydrogens (tertiary/aromatic N) is 3. The Balaban J connectivity index is 2.00. The molecule has 0 aliphatic carbocycles. The molecule has 72 valence electrons. The molecule has 1 atom stereocenters. The molecule has 1 aliphatic rings. The summed E-state index contributed by atoms with van der Waals surface area (Å²) in [5, 5.41) is 1.02. The van der Waals surface area contributed by atoms with E-state index in [1.165, 1.54) is 18.0 Å². The van der Waals surface area contributed by atoms with Crippen molar-refractivity contribution in [3.63, 3.8) is 0 Å². The molecule has 5 heteroatoms. The minimum Gasteiger partial charge on any atom is -0.380 e. The van der Waals surface area contributed by atoms with E-state index in [0.29, 0.717) is 6.10 Å². The van der Waals surface area contributed by atoms with Crippen molar-refractivity contribution in [2.75, 3.05) is 25.1 Å². The van der Waals surface area contributed by atoms with E-state index in [-0.39, 0.29) is 0 Å². The molecular weight excluding hydrogens is 186 g/mol. The summed E-state index contributed by atoms with van der Waals surface area (Å²) in [6, 6.07) is 0. The second-order valence-electron chi connectivity index (χ2n) is 3.17. The van der Waals surface area contributed by atoms with Gasteiger partial charge in [-0.15, -0.1) is 0 Å². The van der Waals surface area contributed by atoms with E-state index in [4.69, 9.17) is 4.74 Å². The van der Waals surface area contributed by atoms with Gasteiger partial charge in [0, 0.05) is 31.7 Å². The van der Waals surface area contributed by atoms with E-state index >= 15 is 0 Å². The Kier molecular flexibility index (Phi) is 2.75. The van der Waals surface area contributed by atoms with Gasteiger partial charge in [0.25, 0.3) is 0 Å². The van der Waals surface area contributed by atoms with Crippen LogP contribution in [0.15, 0.2) is 6.33 Å². The number of aromatic nitrogens is 2. The molecule has 0 radical (unpaired) electrons. The smallest absolute Gasteiger partial charge is 0.205 e. The lowest BCUT2D eigenvalue weighted by molar-refractivity contribution is 0.0893. The van der Waals surface area contributed by atoms with Crippen LogP contribution in [0.2, 0.25) is 0 Å². The van der Waals surface area contributed by atoms with Crippen LogP contribution in [0.1, 0.15) is 12.8 Å². The van der Waals surface area contributed by atoms with Crippen LogP contribution in [-0.2, 0) is 4.74 Å². The molecule has 2 rings (SSSR count). The monoisotopic (exact) mass is 199 g/mol. The third kappa shape index (κ3) is 1.97. The van der Waals surface area contributed by atoms with Crippen molar-refractivity contribution in [3.8, 4) is 0 Å². The average Bonchev–Trinajstić information content (AvgIpc) is 2.71. The summed E-state index contributed by atoms with van der Waals surface area (Å²) in [5.74, 6) is 0. The predicted octanol–water partition coefficient (Wildman–Crippen LogP) is 1.15. The van der Waals surface area contributed by atoms with Crippen molar-refractivity contribution in [2.24, 2.45) is 0 Å². The van der Waals surface area contributed by atoms with Gasteiger partial charge in [-0.25, -0.2) is 4.98 Å². The SMILES string of the molecule is COC1CCCN(c2ncns2)C1. The standard InChI is InChI=1S/C8H13N3OS/c1-12-7-3-2-4-11(5-7)8-9-6-10-13-8/h6-7H,2-5H2,1H3. The Bertz CT molecular complexity index is 252. The number of methoxy groups -OCH3 is 1. The van der Waals surface area contributed by atoms with Crippen LogP contribution < -0.4 is 4.90 Å². The van der Waals surface area contributed by atoms with Crippen molar-refractivity contribution in [2.45, 2.75) is 18.9 Å². The van der Waals surface area contributed by atoms with Gasteiger partial charge in [-0.2, -0.15) is 4.37 Å². The molecule has 1 aromatic rings. The maximum Gasteiger partial charge on any atom is 0.205 e. The molecule has 4 nitrogen and oxygen atoms in total. The van der Waals surface area contributed by atoms with E-state index in [0.717, 1.165) is 24.6 Å². The molecule has 0 aromatic carbocycles. The van der Waals surface area contributed by atoms with Crippen LogP contribution in [0.4, 0.5) is 5.13 Å². The first-order chi connectivity index (χ1) is 6.40. The maximum atomic E-state index is 5.33. The fraction of sp³-hybridized carbons (Fsp3) is 0.750. The first kappa shape index (κ1) is 8.90. The lowest BCUT2D eigenvalue weighted by Crippen LogP contribution is -2.39. The zero-order valence-electron chi connectivity index (χ0n) is 7.64. The lowest BCUT2D eigenvalue weighted by Gasteiger charge is -2.31. The normalized spacial score (nSPS) is 23.5. The summed E-state index contributed by atoms with van der Waals surface area (Å²) in [5.41, 5.74) is 0. The van der Waals surface area contributed by atoms with Crippen molar-refractivity contribution in [1.29, 1.82) is 0 Å². The molecule has 0 N–H and O–H groups in total. The Morgan fingerprint density at radius 3 is 3.31 bits per heavy atom. The van der Waals surface area contributed by atoms with Crippen molar-refractivity contribution in [1.82, 2.24) is 9.36 Å². The average molecular weight is 199 g/mol. The van der Waals surface area contributed by atoms with Gasteiger partial charge in [-0.3, -0.25) is 0 Å². The number of ether oxygens (including phenoxy) is 1. The maximum absolute atomic E-state index is 5.33. The summed E-state index contributed by atoms with van der Waals surface area (Å²) < 4.78 is 9.33. The number of hydrogen-bond donors (Lipinski definition) is 0. The quantitative estimate of drug-likeness (QED) is 0.716. The van der Waals surface area contributed by atoms with Gasteiger partial charge in [-0.1, -0.05) is 0 Å². The van der Waals surface area contributed by atoms with Crippen LogP contribution in [0, 0.1) is 0 Å². The number of anilines is 1. The molecule has 2 heterocycles. The summed E-state index contributed by atoms with van der Waals surface area (Å²) >= 11 is 1.45. The Labute approximate surface area is 81.7 Å². The number of rotatable bonds is 2. The van der Waals surface area contributed by atoms with Crippen molar-refractivity contribution in [3.05, 3.63) is 6.33 Å². The summed E-state index contributed by atoms with van der Waals surface area (Å²) in [6.45, 7) is 2.03. The zero-order valence-corrected chi connectivity index (χ0v) is 8.46. The van der Waals surface area contributed by atoms with Gasteiger partial charge in [0.1, 0.15) is 6.33 Å². The van der Waals surface area contributed by atoms with E-state index in [1.807, 2.05) is 0 Å². The highest BCUT2D eigenvalue weighted by Gasteiger charge is 2.20. The summed E-state index contributed by atoms with van der Waals surface area (Å²) in [4.78, 5) is 6.43.